The standard InChI is InChI=1S/C7H9NO4/c9-6(10)4-1-2-8-3-5(4)7(11)12/h2,4-5H,1,3H2,(H,9,10)(H,11,12). The van der Waals surface area contributed by atoms with Gasteiger partial charge < -0.3 is 10.2 Å². The minimum absolute atomic E-state index is 0.0757. The summed E-state index contributed by atoms with van der Waals surface area (Å²) in [5, 5.41) is 17.3. The molecule has 0 aromatic rings. The fourth-order valence-corrected chi connectivity index (χ4v) is 1.19. The second-order valence-corrected chi connectivity index (χ2v) is 2.67. The number of carboxylic acids is 2. The highest BCUT2D eigenvalue weighted by molar-refractivity contribution is 5.83. The smallest absolute Gasteiger partial charge is 0.309 e. The van der Waals surface area contributed by atoms with Crippen LogP contribution in [0.2, 0.25) is 0 Å². The molecule has 5 heteroatoms. The van der Waals surface area contributed by atoms with E-state index in [1.165, 1.54) is 6.21 Å². The van der Waals surface area contributed by atoms with Gasteiger partial charge >= 0.3 is 11.9 Å². The van der Waals surface area contributed by atoms with Gasteiger partial charge in [0.2, 0.25) is 0 Å². The van der Waals surface area contributed by atoms with E-state index in [9.17, 15) is 9.59 Å². The molecule has 0 aromatic carbocycles. The highest BCUT2D eigenvalue weighted by atomic mass is 16.4. The van der Waals surface area contributed by atoms with Crippen molar-refractivity contribution in [3.05, 3.63) is 0 Å². The van der Waals surface area contributed by atoms with Gasteiger partial charge in [-0.15, -0.1) is 0 Å². The summed E-state index contributed by atoms with van der Waals surface area (Å²) in [6.07, 6.45) is 1.69. The molecule has 0 spiro atoms. The van der Waals surface area contributed by atoms with E-state index in [4.69, 9.17) is 10.2 Å². The van der Waals surface area contributed by atoms with Crippen LogP contribution < -0.4 is 0 Å². The predicted molar refractivity (Wildman–Crippen MR) is 40.2 cm³/mol. The molecule has 1 aliphatic heterocycles. The molecule has 12 heavy (non-hydrogen) atoms. The van der Waals surface area contributed by atoms with Crippen LogP contribution in [0.1, 0.15) is 6.42 Å². The molecule has 5 nitrogen and oxygen atoms in total. The van der Waals surface area contributed by atoms with Gasteiger partial charge in [-0.3, -0.25) is 14.6 Å². The van der Waals surface area contributed by atoms with Gasteiger partial charge in [0.15, 0.2) is 0 Å². The highest BCUT2D eigenvalue weighted by Gasteiger charge is 2.34. The molecule has 0 bridgehead atoms. The van der Waals surface area contributed by atoms with Crippen molar-refractivity contribution in [3.63, 3.8) is 0 Å². The molecule has 0 radical (unpaired) electrons. The van der Waals surface area contributed by atoms with E-state index in [0.717, 1.165) is 0 Å². The van der Waals surface area contributed by atoms with Crippen molar-refractivity contribution in [1.82, 2.24) is 0 Å². The summed E-state index contributed by atoms with van der Waals surface area (Å²) in [5.74, 6) is -3.83. The van der Waals surface area contributed by atoms with Crippen LogP contribution in [0.5, 0.6) is 0 Å². The van der Waals surface area contributed by atoms with Crippen LogP contribution in [0.15, 0.2) is 4.99 Å². The van der Waals surface area contributed by atoms with E-state index >= 15 is 0 Å². The Balaban J connectivity index is 2.76. The Bertz CT molecular complexity index is 212. The van der Waals surface area contributed by atoms with E-state index in [2.05, 4.69) is 4.99 Å². The first kappa shape index (κ1) is 8.70. The van der Waals surface area contributed by atoms with Gasteiger partial charge in [-0.05, 0) is 12.6 Å². The van der Waals surface area contributed by atoms with Crippen LogP contribution in [0, 0.1) is 11.8 Å². The van der Waals surface area contributed by atoms with Crippen LogP contribution in [0.4, 0.5) is 0 Å². The van der Waals surface area contributed by atoms with Crippen molar-refractivity contribution < 1.29 is 19.8 Å². The molecule has 66 valence electrons. The lowest BCUT2D eigenvalue weighted by Crippen LogP contribution is -2.34. The zero-order valence-electron chi connectivity index (χ0n) is 6.30. The lowest BCUT2D eigenvalue weighted by Gasteiger charge is -2.20. The summed E-state index contributed by atoms with van der Waals surface area (Å²) >= 11 is 0. The molecule has 2 unspecified atom stereocenters. The van der Waals surface area contributed by atoms with Gasteiger partial charge in [0.1, 0.15) is 0 Å². The molecule has 0 aromatic heterocycles. The Labute approximate surface area is 68.7 Å². The Hall–Kier alpha value is -1.39. The third-order valence-electron chi connectivity index (χ3n) is 1.91. The maximum absolute atomic E-state index is 10.5. The molecule has 0 aliphatic carbocycles. The number of aliphatic carboxylic acids is 2. The van der Waals surface area contributed by atoms with E-state index in [1.807, 2.05) is 0 Å². The first-order valence-corrected chi connectivity index (χ1v) is 3.57. The molecule has 0 saturated heterocycles. The van der Waals surface area contributed by atoms with Crippen LogP contribution in [0.3, 0.4) is 0 Å². The molecule has 0 saturated carbocycles. The van der Waals surface area contributed by atoms with Crippen molar-refractivity contribution in [2.75, 3.05) is 6.54 Å². The van der Waals surface area contributed by atoms with Crippen LogP contribution in [-0.4, -0.2) is 34.9 Å². The topological polar surface area (TPSA) is 87.0 Å². The lowest BCUT2D eigenvalue weighted by molar-refractivity contribution is -0.153. The molecule has 0 fully saturated rings. The molecule has 1 heterocycles. The van der Waals surface area contributed by atoms with Gasteiger partial charge in [-0.25, -0.2) is 0 Å². The summed E-state index contributed by atoms with van der Waals surface area (Å²) in [6, 6.07) is 0. The van der Waals surface area contributed by atoms with Crippen molar-refractivity contribution in [1.29, 1.82) is 0 Å². The number of carbonyl (C=O) groups is 2. The van der Waals surface area contributed by atoms with Crippen LogP contribution >= 0.6 is 0 Å². The number of hydrogen-bond acceptors (Lipinski definition) is 3. The van der Waals surface area contributed by atoms with Gasteiger partial charge in [0.25, 0.3) is 0 Å². The molecular formula is C7H9NO4. The predicted octanol–water partition coefficient (Wildman–Crippen LogP) is -0.138. The molecular weight excluding hydrogens is 162 g/mol. The Morgan fingerprint density at radius 2 is 1.83 bits per heavy atom. The number of rotatable bonds is 2. The third kappa shape index (κ3) is 1.61. The fourth-order valence-electron chi connectivity index (χ4n) is 1.19. The normalized spacial score (nSPS) is 28.3. The fraction of sp³-hybridized carbons (Fsp3) is 0.571. The summed E-state index contributed by atoms with van der Waals surface area (Å²) < 4.78 is 0. The number of nitrogens with zero attached hydrogens (tertiary/aromatic N) is 1. The van der Waals surface area contributed by atoms with Gasteiger partial charge in [-0.1, -0.05) is 0 Å². The lowest BCUT2D eigenvalue weighted by atomic mass is 9.88. The number of aliphatic imine (C=N–C) groups is 1. The zero-order chi connectivity index (χ0) is 9.14. The largest absolute Gasteiger partial charge is 0.481 e. The SMILES string of the molecule is O=C(O)C1CC=NCC1C(=O)O. The minimum atomic E-state index is -1.08. The summed E-state index contributed by atoms with van der Waals surface area (Å²) in [4.78, 5) is 24.8. The molecule has 1 aliphatic rings. The number of hydrogen-bond donors (Lipinski definition) is 2. The second-order valence-electron chi connectivity index (χ2n) is 2.67. The summed E-state index contributed by atoms with van der Waals surface area (Å²) in [5.41, 5.74) is 0. The Kier molecular flexibility index (Phi) is 2.42. The van der Waals surface area contributed by atoms with Crippen molar-refractivity contribution in [2.24, 2.45) is 16.8 Å². The van der Waals surface area contributed by atoms with E-state index in [-0.39, 0.29) is 13.0 Å². The Morgan fingerprint density at radius 1 is 1.25 bits per heavy atom. The zero-order valence-corrected chi connectivity index (χ0v) is 6.30. The van der Waals surface area contributed by atoms with Crippen molar-refractivity contribution in [3.8, 4) is 0 Å². The first-order chi connectivity index (χ1) is 5.63. The Morgan fingerprint density at radius 3 is 2.25 bits per heavy atom. The van der Waals surface area contributed by atoms with Gasteiger partial charge in [-0.2, -0.15) is 0 Å². The van der Waals surface area contributed by atoms with Crippen molar-refractivity contribution >= 4 is 18.2 Å². The van der Waals surface area contributed by atoms with E-state index < -0.39 is 23.8 Å². The highest BCUT2D eigenvalue weighted by Crippen LogP contribution is 2.19. The quantitative estimate of drug-likeness (QED) is 0.605. The summed E-state index contributed by atoms with van der Waals surface area (Å²) in [7, 11) is 0. The van der Waals surface area contributed by atoms with Crippen molar-refractivity contribution in [2.45, 2.75) is 6.42 Å². The maximum Gasteiger partial charge on any atom is 0.309 e. The van der Waals surface area contributed by atoms with Crippen LogP contribution in [0.25, 0.3) is 0 Å². The summed E-state index contributed by atoms with van der Waals surface area (Å²) in [6.45, 7) is 0.0757. The third-order valence-corrected chi connectivity index (χ3v) is 1.91. The van der Waals surface area contributed by atoms with Gasteiger partial charge in [0, 0.05) is 0 Å². The average Bonchev–Trinajstić information content (AvgIpc) is 2.04. The second kappa shape index (κ2) is 3.34. The molecule has 0 amide bonds. The first-order valence-electron chi connectivity index (χ1n) is 3.57. The molecule has 2 N–H and O–H groups in total. The number of carboxylic acid groups (broad SMARTS) is 2. The average molecular weight is 171 g/mol. The van der Waals surface area contributed by atoms with Crippen LogP contribution in [-0.2, 0) is 9.59 Å². The maximum atomic E-state index is 10.5. The van der Waals surface area contributed by atoms with Gasteiger partial charge in [0.05, 0.1) is 18.4 Å². The molecule has 2 atom stereocenters. The minimum Gasteiger partial charge on any atom is -0.481 e. The van der Waals surface area contributed by atoms with E-state index in [0.29, 0.717) is 0 Å². The monoisotopic (exact) mass is 171 g/mol. The van der Waals surface area contributed by atoms with E-state index in [1.54, 1.807) is 0 Å². The molecule has 1 rings (SSSR count).